The molecule has 150 valence electrons. The largest absolute Gasteiger partial charge is 0.497 e. The van der Waals surface area contributed by atoms with Crippen molar-refractivity contribution in [3.63, 3.8) is 0 Å². The predicted octanol–water partition coefficient (Wildman–Crippen LogP) is 5.83. The molecular formula is C21H21ClF3NO2. The lowest BCUT2D eigenvalue weighted by Gasteiger charge is -2.36. The van der Waals surface area contributed by atoms with E-state index < -0.39 is 11.8 Å². The van der Waals surface area contributed by atoms with Crippen LogP contribution in [0, 0.1) is 5.92 Å². The van der Waals surface area contributed by atoms with Crippen LogP contribution in [0.15, 0.2) is 54.6 Å². The highest BCUT2D eigenvalue weighted by Crippen LogP contribution is 2.54. The second kappa shape index (κ2) is 7.33. The average Bonchev–Trinajstić information content (AvgIpc) is 3.50. The summed E-state index contributed by atoms with van der Waals surface area (Å²) in [5.41, 5.74) is -2.94. The molecule has 0 spiro atoms. The number of aliphatic hydroxyl groups is 1. The Morgan fingerprint density at radius 1 is 1.18 bits per heavy atom. The molecule has 0 bridgehead atoms. The van der Waals surface area contributed by atoms with Crippen LogP contribution in [0.3, 0.4) is 0 Å². The number of nitrogens with zero attached hydrogens (tertiary/aromatic N) is 1. The van der Waals surface area contributed by atoms with Gasteiger partial charge in [-0.2, -0.15) is 13.2 Å². The van der Waals surface area contributed by atoms with E-state index in [4.69, 9.17) is 16.3 Å². The van der Waals surface area contributed by atoms with Gasteiger partial charge in [-0.3, -0.25) is 0 Å². The summed E-state index contributed by atoms with van der Waals surface area (Å²) in [6, 6.07) is 11.0. The monoisotopic (exact) mass is 411 g/mol. The molecule has 7 heteroatoms. The molecule has 28 heavy (non-hydrogen) atoms. The van der Waals surface area contributed by atoms with Gasteiger partial charge in [0.15, 0.2) is 0 Å². The van der Waals surface area contributed by atoms with E-state index in [1.165, 1.54) is 19.2 Å². The van der Waals surface area contributed by atoms with Gasteiger partial charge < -0.3 is 14.7 Å². The highest BCUT2D eigenvalue weighted by Gasteiger charge is 2.60. The number of halogens is 4. The molecule has 2 aromatic carbocycles. The van der Waals surface area contributed by atoms with Crippen LogP contribution in [-0.2, 0) is 5.60 Å². The van der Waals surface area contributed by atoms with Crippen molar-refractivity contribution >= 4 is 23.0 Å². The van der Waals surface area contributed by atoms with Gasteiger partial charge in [0.1, 0.15) is 5.75 Å². The first-order valence-corrected chi connectivity index (χ1v) is 9.13. The molecule has 1 unspecified atom stereocenters. The molecule has 0 heterocycles. The Balaban J connectivity index is 2.14. The molecule has 1 aliphatic carbocycles. The quantitative estimate of drug-likeness (QED) is 0.607. The molecule has 1 aliphatic rings. The van der Waals surface area contributed by atoms with Crippen molar-refractivity contribution in [2.75, 3.05) is 19.1 Å². The molecule has 2 aromatic rings. The summed E-state index contributed by atoms with van der Waals surface area (Å²) >= 11 is 6.02. The first-order valence-electron chi connectivity index (χ1n) is 8.75. The summed E-state index contributed by atoms with van der Waals surface area (Å²) in [5, 5.41) is 11.1. The molecule has 3 nitrogen and oxygen atoms in total. The third-order valence-corrected chi connectivity index (χ3v) is 5.35. The highest BCUT2D eigenvalue weighted by molar-refractivity contribution is 6.30. The second-order valence-electron chi connectivity index (χ2n) is 6.93. The van der Waals surface area contributed by atoms with Crippen molar-refractivity contribution in [2.45, 2.75) is 24.6 Å². The van der Waals surface area contributed by atoms with Gasteiger partial charge >= 0.3 is 6.18 Å². The van der Waals surface area contributed by atoms with E-state index in [0.29, 0.717) is 24.3 Å². The minimum atomic E-state index is -4.94. The third kappa shape index (κ3) is 3.59. The number of methoxy groups -OCH3 is 1. The number of alkyl halides is 3. The van der Waals surface area contributed by atoms with Crippen LogP contribution >= 0.6 is 11.6 Å². The van der Waals surface area contributed by atoms with E-state index in [2.05, 4.69) is 6.58 Å². The Labute approximate surface area is 167 Å². The molecule has 0 saturated heterocycles. The van der Waals surface area contributed by atoms with Crippen LogP contribution in [0.4, 0.5) is 24.5 Å². The maximum absolute atomic E-state index is 14.1. The number of rotatable bonds is 6. The fourth-order valence-corrected chi connectivity index (χ4v) is 3.44. The molecule has 0 amide bonds. The van der Waals surface area contributed by atoms with Crippen molar-refractivity contribution < 1.29 is 23.0 Å². The van der Waals surface area contributed by atoms with Crippen LogP contribution in [-0.4, -0.2) is 25.4 Å². The molecule has 3 rings (SSSR count). The van der Waals surface area contributed by atoms with Gasteiger partial charge in [0.05, 0.1) is 7.11 Å². The summed E-state index contributed by atoms with van der Waals surface area (Å²) in [6.45, 7) is 3.61. The van der Waals surface area contributed by atoms with Crippen LogP contribution in [0.5, 0.6) is 5.75 Å². The number of hydrogen-bond acceptors (Lipinski definition) is 3. The van der Waals surface area contributed by atoms with Crippen LogP contribution < -0.4 is 9.64 Å². The topological polar surface area (TPSA) is 32.7 Å². The van der Waals surface area contributed by atoms with E-state index in [-0.39, 0.29) is 27.8 Å². The van der Waals surface area contributed by atoms with Gasteiger partial charge in [0.25, 0.3) is 0 Å². The molecule has 0 aliphatic heterocycles. The fraction of sp³-hybridized carbons (Fsp3) is 0.333. The van der Waals surface area contributed by atoms with E-state index in [1.54, 1.807) is 36.2 Å². The lowest BCUT2D eigenvalue weighted by Crippen LogP contribution is -2.45. The van der Waals surface area contributed by atoms with Crippen molar-refractivity contribution in [3.8, 4) is 5.75 Å². The Morgan fingerprint density at radius 2 is 1.79 bits per heavy atom. The Morgan fingerprint density at radius 3 is 2.29 bits per heavy atom. The van der Waals surface area contributed by atoms with Crippen LogP contribution in [0.2, 0.25) is 5.02 Å². The zero-order valence-electron chi connectivity index (χ0n) is 15.6. The van der Waals surface area contributed by atoms with E-state index in [9.17, 15) is 18.3 Å². The van der Waals surface area contributed by atoms with Crippen molar-refractivity contribution in [1.82, 2.24) is 0 Å². The van der Waals surface area contributed by atoms with Crippen molar-refractivity contribution in [2.24, 2.45) is 5.92 Å². The lowest BCUT2D eigenvalue weighted by atomic mass is 9.82. The van der Waals surface area contributed by atoms with Crippen LogP contribution in [0.25, 0.3) is 0 Å². The summed E-state index contributed by atoms with van der Waals surface area (Å²) in [5.74, 6) is 0.270. The maximum Gasteiger partial charge on any atom is 0.425 e. The van der Waals surface area contributed by atoms with E-state index >= 15 is 0 Å². The molecule has 1 fully saturated rings. The highest BCUT2D eigenvalue weighted by atomic mass is 35.5. The number of anilines is 2. The van der Waals surface area contributed by atoms with Crippen molar-refractivity contribution in [1.29, 1.82) is 0 Å². The summed E-state index contributed by atoms with van der Waals surface area (Å²) < 4.78 is 47.5. The zero-order valence-corrected chi connectivity index (χ0v) is 16.3. The van der Waals surface area contributed by atoms with Gasteiger partial charge in [-0.25, -0.2) is 0 Å². The molecule has 1 N–H and O–H groups in total. The average molecular weight is 412 g/mol. The van der Waals surface area contributed by atoms with Gasteiger partial charge in [-0.1, -0.05) is 18.2 Å². The van der Waals surface area contributed by atoms with Gasteiger partial charge in [0, 0.05) is 29.0 Å². The van der Waals surface area contributed by atoms with Gasteiger partial charge in [-0.05, 0) is 66.8 Å². The van der Waals surface area contributed by atoms with E-state index in [1.807, 2.05) is 0 Å². The van der Waals surface area contributed by atoms with Gasteiger partial charge in [0.2, 0.25) is 5.60 Å². The third-order valence-electron chi connectivity index (χ3n) is 5.11. The minimum Gasteiger partial charge on any atom is -0.497 e. The Hall–Kier alpha value is -2.18. The van der Waals surface area contributed by atoms with E-state index in [0.717, 1.165) is 6.07 Å². The lowest BCUT2D eigenvalue weighted by molar-refractivity contribution is -0.251. The number of ether oxygens (including phenoxy) is 1. The molecular weight excluding hydrogens is 391 g/mol. The Bertz CT molecular complexity index is 878. The molecule has 1 atom stereocenters. The normalized spacial score (nSPS) is 16.4. The summed E-state index contributed by atoms with van der Waals surface area (Å²) in [4.78, 5) is 1.57. The second-order valence-corrected chi connectivity index (χ2v) is 7.36. The predicted molar refractivity (Wildman–Crippen MR) is 104 cm³/mol. The van der Waals surface area contributed by atoms with Crippen molar-refractivity contribution in [3.05, 3.63) is 65.2 Å². The first-order chi connectivity index (χ1) is 13.1. The molecule has 1 saturated carbocycles. The zero-order chi connectivity index (χ0) is 20.7. The molecule has 0 aromatic heterocycles. The smallest absolute Gasteiger partial charge is 0.425 e. The SMILES string of the molecule is C=C(C1CC1)C(O)(c1cc(Cl)ccc1N(C)c1ccc(OC)cc1)C(F)(F)F. The summed E-state index contributed by atoms with van der Waals surface area (Å²) in [7, 11) is 3.16. The first kappa shape index (κ1) is 20.6. The fourth-order valence-electron chi connectivity index (χ4n) is 3.27. The maximum atomic E-state index is 14.1. The number of hydrogen-bond donors (Lipinski definition) is 1. The molecule has 0 radical (unpaired) electrons. The van der Waals surface area contributed by atoms with Gasteiger partial charge in [-0.15, -0.1) is 0 Å². The van der Waals surface area contributed by atoms with Crippen LogP contribution in [0.1, 0.15) is 18.4 Å². The minimum absolute atomic E-state index is 0.105. The standard InChI is InChI=1S/C21H21ClF3NO2/c1-13(14-4-5-14)20(27,21(23,24)25)18-12-15(22)6-11-19(18)26(2)16-7-9-17(28-3)10-8-16/h6-12,14,27H,1,4-5H2,2-3H3. The Kier molecular flexibility index (Phi) is 5.38. The number of benzene rings is 2. The summed E-state index contributed by atoms with van der Waals surface area (Å²) in [6.07, 6.45) is -3.77.